The Morgan fingerprint density at radius 1 is 1.05 bits per heavy atom. The Balaban J connectivity index is 1.68. The first-order valence-corrected chi connectivity index (χ1v) is 14.6. The fourth-order valence-corrected chi connectivity index (χ4v) is 4.86. The molecule has 2 atom stereocenters. The summed E-state index contributed by atoms with van der Waals surface area (Å²) in [7, 11) is 2.54. The summed E-state index contributed by atoms with van der Waals surface area (Å²) >= 11 is 2.06. The average Bonchev–Trinajstić information content (AvgIpc) is 2.99. The zero-order valence-corrected chi connectivity index (χ0v) is 27.1. The lowest BCUT2D eigenvalue weighted by Gasteiger charge is -2.28. The van der Waals surface area contributed by atoms with Crippen LogP contribution in [0.4, 0.5) is 4.79 Å². The molecule has 1 heterocycles. The Kier molecular flexibility index (Phi) is 12.9. The fraction of sp³-hybridized carbons (Fsp3) is 0.379. The highest BCUT2D eigenvalue weighted by Crippen LogP contribution is 2.35. The summed E-state index contributed by atoms with van der Waals surface area (Å²) in [6.07, 6.45) is 0.300. The number of amides is 2. The Bertz CT molecular complexity index is 1410. The molecule has 0 bridgehead atoms. The van der Waals surface area contributed by atoms with Gasteiger partial charge in [0, 0.05) is 5.70 Å². The summed E-state index contributed by atoms with van der Waals surface area (Å²) in [5, 5.41) is 19.8. The molecule has 0 unspecified atom stereocenters. The molecular formula is C29H35IN4O10. The molecule has 15 heteroatoms. The van der Waals surface area contributed by atoms with Crippen LogP contribution in [0.25, 0.3) is 0 Å². The molecular weight excluding hydrogens is 691 g/mol. The Labute approximate surface area is 268 Å². The molecule has 0 aliphatic carbocycles. The van der Waals surface area contributed by atoms with Crippen LogP contribution in [-0.4, -0.2) is 76.2 Å². The second kappa shape index (κ2) is 16.6. The van der Waals surface area contributed by atoms with Gasteiger partial charge in [0.05, 0.1) is 48.8 Å². The highest BCUT2D eigenvalue weighted by molar-refractivity contribution is 14.1. The first-order chi connectivity index (χ1) is 21.1. The number of esters is 2. The third-order valence-electron chi connectivity index (χ3n) is 6.00. The zero-order valence-electron chi connectivity index (χ0n) is 24.9. The minimum absolute atomic E-state index is 0.185. The van der Waals surface area contributed by atoms with E-state index in [2.05, 4.69) is 48.5 Å². The number of aliphatic hydroxyl groups is 1. The van der Waals surface area contributed by atoms with Crippen molar-refractivity contribution in [2.24, 2.45) is 5.10 Å². The molecule has 0 fully saturated rings. The molecule has 0 spiro atoms. The van der Waals surface area contributed by atoms with Crippen LogP contribution in [0, 0.1) is 3.57 Å². The van der Waals surface area contributed by atoms with Crippen molar-refractivity contribution in [3.8, 4) is 23.0 Å². The molecule has 1 aliphatic heterocycles. The molecule has 14 nitrogen and oxygen atoms in total. The van der Waals surface area contributed by atoms with E-state index in [4.69, 9.17) is 23.7 Å². The van der Waals surface area contributed by atoms with E-state index in [1.807, 2.05) is 6.92 Å². The Morgan fingerprint density at radius 3 is 2.45 bits per heavy atom. The van der Waals surface area contributed by atoms with Gasteiger partial charge >= 0.3 is 18.0 Å². The number of hydrogen-bond donors (Lipinski definition) is 4. The van der Waals surface area contributed by atoms with Crippen LogP contribution in [0.2, 0.25) is 0 Å². The standard InChI is InChI=1S/C29H35IN4O10/c1-6-41-21-12-18(26-25(28(37)40-5)16(3)32-29(38)33-26)8-9-20(21)43-14-23(35)34-31-13-17-10-19(30)27(22(11-17)42-7-2)44-15-24(36)39-4/h8-13,23,26,34-35H,6-7,14-15H2,1-5H3,(H2,32,33,38)/b31-13-/t23-,26+/m0/s1. The molecule has 2 amide bonds. The lowest BCUT2D eigenvalue weighted by atomic mass is 9.95. The van der Waals surface area contributed by atoms with Gasteiger partial charge in [-0.2, -0.15) is 5.10 Å². The van der Waals surface area contributed by atoms with Crippen molar-refractivity contribution in [2.75, 3.05) is 40.6 Å². The van der Waals surface area contributed by atoms with Gasteiger partial charge in [0.25, 0.3) is 0 Å². The van der Waals surface area contributed by atoms with E-state index in [-0.39, 0.29) is 18.8 Å². The largest absolute Gasteiger partial charge is 0.490 e. The van der Waals surface area contributed by atoms with Gasteiger partial charge in [0.2, 0.25) is 0 Å². The second-order valence-corrected chi connectivity index (χ2v) is 10.2. The van der Waals surface area contributed by atoms with Crippen LogP contribution in [0.15, 0.2) is 46.7 Å². The van der Waals surface area contributed by atoms with E-state index >= 15 is 0 Å². The van der Waals surface area contributed by atoms with Gasteiger partial charge in [0.1, 0.15) is 6.61 Å². The third kappa shape index (κ3) is 9.12. The highest BCUT2D eigenvalue weighted by Gasteiger charge is 2.32. The number of hydrogen-bond acceptors (Lipinski definition) is 12. The predicted octanol–water partition coefficient (Wildman–Crippen LogP) is 2.76. The summed E-state index contributed by atoms with van der Waals surface area (Å²) in [5.74, 6) is 0.410. The summed E-state index contributed by atoms with van der Waals surface area (Å²) < 4.78 is 33.0. The van der Waals surface area contributed by atoms with Crippen molar-refractivity contribution >= 4 is 46.8 Å². The van der Waals surface area contributed by atoms with Gasteiger partial charge in [-0.1, -0.05) is 6.07 Å². The number of aliphatic hydroxyl groups excluding tert-OH is 1. The SMILES string of the molecule is CCOc1cc([C@H]2NC(=O)NC(C)=C2C(=O)OC)ccc1OC[C@H](O)N/N=C\c1cc(I)c(OCC(=O)OC)c(OCC)c1. The van der Waals surface area contributed by atoms with Crippen molar-refractivity contribution in [2.45, 2.75) is 33.0 Å². The monoisotopic (exact) mass is 726 g/mol. The van der Waals surface area contributed by atoms with Crippen LogP contribution in [0.3, 0.4) is 0 Å². The van der Waals surface area contributed by atoms with Gasteiger partial charge in [-0.05, 0) is 78.8 Å². The van der Waals surface area contributed by atoms with Crippen LogP contribution in [0.5, 0.6) is 23.0 Å². The number of carbonyl (C=O) groups excluding carboxylic acids is 3. The number of allylic oxidation sites excluding steroid dienone is 1. The van der Waals surface area contributed by atoms with Crippen LogP contribution >= 0.6 is 22.6 Å². The van der Waals surface area contributed by atoms with E-state index in [1.165, 1.54) is 20.4 Å². The lowest BCUT2D eigenvalue weighted by molar-refractivity contribution is -0.143. The first kappa shape index (κ1) is 34.2. The number of benzene rings is 2. The molecule has 0 saturated carbocycles. The predicted molar refractivity (Wildman–Crippen MR) is 167 cm³/mol. The molecule has 44 heavy (non-hydrogen) atoms. The highest BCUT2D eigenvalue weighted by atomic mass is 127. The molecule has 238 valence electrons. The number of hydrazone groups is 1. The first-order valence-electron chi connectivity index (χ1n) is 13.5. The Morgan fingerprint density at radius 2 is 1.77 bits per heavy atom. The van der Waals surface area contributed by atoms with Crippen molar-refractivity contribution in [1.82, 2.24) is 16.1 Å². The van der Waals surface area contributed by atoms with E-state index in [1.54, 1.807) is 44.2 Å². The van der Waals surface area contributed by atoms with E-state index in [0.717, 1.165) is 0 Å². The maximum Gasteiger partial charge on any atom is 0.343 e. The summed E-state index contributed by atoms with van der Waals surface area (Å²) in [6.45, 7) is 5.48. The molecule has 0 radical (unpaired) electrons. The maximum absolute atomic E-state index is 12.4. The maximum atomic E-state index is 12.4. The smallest absolute Gasteiger partial charge is 0.343 e. The van der Waals surface area contributed by atoms with Crippen molar-refractivity contribution < 1.29 is 47.9 Å². The third-order valence-corrected chi connectivity index (χ3v) is 6.80. The summed E-state index contributed by atoms with van der Waals surface area (Å²) in [5.41, 5.74) is 4.45. The minimum atomic E-state index is -1.19. The summed E-state index contributed by atoms with van der Waals surface area (Å²) in [4.78, 5) is 36.1. The van der Waals surface area contributed by atoms with Gasteiger partial charge in [-0.3, -0.25) is 5.43 Å². The van der Waals surface area contributed by atoms with E-state index < -0.39 is 30.2 Å². The number of methoxy groups -OCH3 is 2. The second-order valence-electron chi connectivity index (χ2n) is 9.04. The molecule has 0 saturated heterocycles. The normalized spacial score (nSPS) is 15.2. The quantitative estimate of drug-likeness (QED) is 0.0699. The molecule has 2 aromatic carbocycles. The van der Waals surface area contributed by atoms with Crippen LogP contribution in [-0.2, 0) is 19.1 Å². The number of nitrogens with zero attached hydrogens (tertiary/aromatic N) is 1. The van der Waals surface area contributed by atoms with Gasteiger partial charge < -0.3 is 44.2 Å². The van der Waals surface area contributed by atoms with E-state index in [0.29, 0.717) is 56.6 Å². The summed E-state index contributed by atoms with van der Waals surface area (Å²) in [6, 6.07) is 7.18. The molecule has 1 aliphatic rings. The molecule has 3 rings (SSSR count). The van der Waals surface area contributed by atoms with Crippen molar-refractivity contribution in [1.29, 1.82) is 0 Å². The number of halogens is 1. The van der Waals surface area contributed by atoms with Crippen LogP contribution < -0.4 is 35.0 Å². The molecule has 0 aromatic heterocycles. The number of rotatable bonds is 15. The van der Waals surface area contributed by atoms with Crippen molar-refractivity contribution in [3.05, 3.63) is 56.3 Å². The van der Waals surface area contributed by atoms with Gasteiger partial charge in [-0.25, -0.2) is 14.4 Å². The fourth-order valence-electron chi connectivity index (χ4n) is 4.08. The minimum Gasteiger partial charge on any atom is -0.490 e. The average molecular weight is 727 g/mol. The lowest BCUT2D eigenvalue weighted by Crippen LogP contribution is -2.45. The van der Waals surface area contributed by atoms with Gasteiger partial charge in [-0.15, -0.1) is 0 Å². The van der Waals surface area contributed by atoms with E-state index in [9.17, 15) is 19.5 Å². The van der Waals surface area contributed by atoms with Crippen LogP contribution in [0.1, 0.15) is 37.9 Å². The number of ether oxygens (including phenoxy) is 6. The number of urea groups is 1. The zero-order chi connectivity index (χ0) is 32.2. The molecule has 2 aromatic rings. The molecule has 4 N–H and O–H groups in total. The Hall–Kier alpha value is -4.25. The topological polar surface area (TPSA) is 175 Å². The number of carbonyl (C=O) groups is 3. The number of nitrogens with one attached hydrogen (secondary N) is 3. The van der Waals surface area contributed by atoms with Crippen molar-refractivity contribution in [3.63, 3.8) is 0 Å². The van der Waals surface area contributed by atoms with Gasteiger partial charge in [0.15, 0.2) is 35.8 Å².